The van der Waals surface area contributed by atoms with Crippen LogP contribution >= 0.6 is 23.4 Å². The standard InChI is InChI=1S/C17H17ClN4OS/c1-12(17-21-20-15-4-2-3-10-22(15)17)19-16(23)9-11-24-14-7-5-13(18)6-8-14/h2-8,10,12H,9,11H2,1H3,(H,19,23). The third-order valence-electron chi connectivity index (χ3n) is 3.52. The van der Waals surface area contributed by atoms with Crippen molar-refractivity contribution < 1.29 is 4.79 Å². The van der Waals surface area contributed by atoms with Gasteiger partial charge in [-0.3, -0.25) is 9.20 Å². The van der Waals surface area contributed by atoms with E-state index in [1.807, 2.05) is 60.0 Å². The molecule has 0 fully saturated rings. The summed E-state index contributed by atoms with van der Waals surface area (Å²) in [5, 5.41) is 12.0. The molecule has 124 valence electrons. The van der Waals surface area contributed by atoms with Crippen LogP contribution in [0.25, 0.3) is 5.65 Å². The summed E-state index contributed by atoms with van der Waals surface area (Å²) in [6.07, 6.45) is 2.33. The number of aromatic nitrogens is 3. The van der Waals surface area contributed by atoms with Crippen LogP contribution < -0.4 is 5.32 Å². The summed E-state index contributed by atoms with van der Waals surface area (Å²) in [6, 6.07) is 13.1. The maximum atomic E-state index is 12.1. The fraction of sp³-hybridized carbons (Fsp3) is 0.235. The number of carbonyl (C=O) groups is 1. The highest BCUT2D eigenvalue weighted by molar-refractivity contribution is 7.99. The number of nitrogens with one attached hydrogen (secondary N) is 1. The Morgan fingerprint density at radius 1 is 1.25 bits per heavy atom. The van der Waals surface area contributed by atoms with Crippen LogP contribution in [-0.2, 0) is 4.79 Å². The molecule has 3 rings (SSSR count). The lowest BCUT2D eigenvalue weighted by molar-refractivity contribution is -0.121. The molecular weight excluding hydrogens is 344 g/mol. The number of thioether (sulfide) groups is 1. The highest BCUT2D eigenvalue weighted by Crippen LogP contribution is 2.21. The summed E-state index contributed by atoms with van der Waals surface area (Å²) in [7, 11) is 0. The van der Waals surface area contributed by atoms with E-state index in [0.29, 0.717) is 17.2 Å². The number of halogens is 1. The predicted octanol–water partition coefficient (Wildman–Crippen LogP) is 3.74. The smallest absolute Gasteiger partial charge is 0.221 e. The van der Waals surface area contributed by atoms with Crippen molar-refractivity contribution >= 4 is 34.9 Å². The van der Waals surface area contributed by atoms with Crippen LogP contribution in [-0.4, -0.2) is 26.3 Å². The van der Waals surface area contributed by atoms with Gasteiger partial charge in [0.15, 0.2) is 11.5 Å². The monoisotopic (exact) mass is 360 g/mol. The van der Waals surface area contributed by atoms with E-state index in [1.54, 1.807) is 11.8 Å². The van der Waals surface area contributed by atoms with Crippen molar-refractivity contribution in [3.63, 3.8) is 0 Å². The average molecular weight is 361 g/mol. The zero-order valence-corrected chi connectivity index (χ0v) is 14.7. The van der Waals surface area contributed by atoms with Gasteiger partial charge in [-0.25, -0.2) is 0 Å². The first-order chi connectivity index (χ1) is 11.6. The first-order valence-corrected chi connectivity index (χ1v) is 8.97. The van der Waals surface area contributed by atoms with Crippen molar-refractivity contribution in [2.75, 3.05) is 5.75 Å². The van der Waals surface area contributed by atoms with Gasteiger partial charge in [0.2, 0.25) is 5.91 Å². The molecular formula is C17H17ClN4OS. The van der Waals surface area contributed by atoms with Gasteiger partial charge in [0, 0.05) is 28.3 Å². The molecule has 0 saturated carbocycles. The topological polar surface area (TPSA) is 59.3 Å². The van der Waals surface area contributed by atoms with Gasteiger partial charge in [-0.15, -0.1) is 22.0 Å². The molecule has 0 spiro atoms. The number of nitrogens with zero attached hydrogens (tertiary/aromatic N) is 3. The van der Waals surface area contributed by atoms with E-state index >= 15 is 0 Å². The molecule has 1 aromatic carbocycles. The Balaban J connectivity index is 1.52. The molecule has 0 aliphatic carbocycles. The maximum absolute atomic E-state index is 12.1. The molecule has 3 aromatic rings. The van der Waals surface area contributed by atoms with Crippen LogP contribution in [0, 0.1) is 0 Å². The number of amides is 1. The molecule has 0 aliphatic rings. The minimum Gasteiger partial charge on any atom is -0.346 e. The number of fused-ring (bicyclic) bond motifs is 1. The Labute approximate surface area is 149 Å². The number of hydrogen-bond donors (Lipinski definition) is 1. The minimum absolute atomic E-state index is 0.00311. The second-order valence-electron chi connectivity index (χ2n) is 5.33. The lowest BCUT2D eigenvalue weighted by Crippen LogP contribution is -2.28. The second kappa shape index (κ2) is 7.68. The van der Waals surface area contributed by atoms with Crippen LogP contribution in [0.1, 0.15) is 25.2 Å². The Hall–Kier alpha value is -2.05. The normalized spacial score (nSPS) is 12.2. The molecule has 2 heterocycles. The largest absolute Gasteiger partial charge is 0.346 e. The van der Waals surface area contributed by atoms with E-state index in [2.05, 4.69) is 15.5 Å². The number of benzene rings is 1. The molecule has 1 atom stereocenters. The van der Waals surface area contributed by atoms with Crippen molar-refractivity contribution in [3.8, 4) is 0 Å². The molecule has 0 bridgehead atoms. The Morgan fingerprint density at radius 2 is 2.04 bits per heavy atom. The van der Waals surface area contributed by atoms with E-state index in [1.165, 1.54) is 0 Å². The van der Waals surface area contributed by atoms with Crippen LogP contribution in [0.5, 0.6) is 0 Å². The van der Waals surface area contributed by atoms with Crippen molar-refractivity contribution in [1.82, 2.24) is 19.9 Å². The Morgan fingerprint density at radius 3 is 2.83 bits per heavy atom. The van der Waals surface area contributed by atoms with Crippen LogP contribution in [0.3, 0.4) is 0 Å². The second-order valence-corrected chi connectivity index (χ2v) is 6.93. The zero-order valence-electron chi connectivity index (χ0n) is 13.1. The fourth-order valence-corrected chi connectivity index (χ4v) is 3.30. The van der Waals surface area contributed by atoms with Gasteiger partial charge in [0.05, 0.1) is 6.04 Å². The van der Waals surface area contributed by atoms with Gasteiger partial charge in [-0.1, -0.05) is 17.7 Å². The minimum atomic E-state index is -0.199. The van der Waals surface area contributed by atoms with Crippen molar-refractivity contribution in [3.05, 3.63) is 59.5 Å². The molecule has 1 amide bonds. The summed E-state index contributed by atoms with van der Waals surface area (Å²) in [4.78, 5) is 13.2. The lowest BCUT2D eigenvalue weighted by atomic mass is 10.3. The first-order valence-electron chi connectivity index (χ1n) is 7.61. The van der Waals surface area contributed by atoms with Gasteiger partial charge in [0.25, 0.3) is 0 Å². The van der Waals surface area contributed by atoms with Gasteiger partial charge in [-0.2, -0.15) is 0 Å². The quantitative estimate of drug-likeness (QED) is 0.680. The van der Waals surface area contributed by atoms with Crippen molar-refractivity contribution in [2.24, 2.45) is 0 Å². The predicted molar refractivity (Wildman–Crippen MR) is 96.3 cm³/mol. The van der Waals surface area contributed by atoms with E-state index < -0.39 is 0 Å². The van der Waals surface area contributed by atoms with Gasteiger partial charge in [0.1, 0.15) is 0 Å². The van der Waals surface area contributed by atoms with Gasteiger partial charge >= 0.3 is 0 Å². The summed E-state index contributed by atoms with van der Waals surface area (Å²) in [5.74, 6) is 1.43. The van der Waals surface area contributed by atoms with E-state index in [4.69, 9.17) is 11.6 Å². The third-order valence-corrected chi connectivity index (χ3v) is 4.78. The highest BCUT2D eigenvalue weighted by atomic mass is 35.5. The summed E-state index contributed by atoms with van der Waals surface area (Å²) in [6.45, 7) is 1.91. The van der Waals surface area contributed by atoms with Crippen LogP contribution in [0.15, 0.2) is 53.6 Å². The van der Waals surface area contributed by atoms with E-state index in [9.17, 15) is 4.79 Å². The average Bonchev–Trinajstić information content (AvgIpc) is 3.01. The van der Waals surface area contributed by atoms with Crippen molar-refractivity contribution in [2.45, 2.75) is 24.3 Å². The number of carbonyl (C=O) groups excluding carboxylic acids is 1. The van der Waals surface area contributed by atoms with Gasteiger partial charge in [-0.05, 0) is 43.3 Å². The maximum Gasteiger partial charge on any atom is 0.221 e. The molecule has 0 aliphatic heterocycles. The molecule has 1 N–H and O–H groups in total. The molecule has 0 saturated heterocycles. The highest BCUT2D eigenvalue weighted by Gasteiger charge is 2.15. The summed E-state index contributed by atoms with van der Waals surface area (Å²) in [5.41, 5.74) is 0.770. The Bertz CT molecular complexity index is 834. The first kappa shape index (κ1) is 16.8. The number of rotatable bonds is 6. The van der Waals surface area contributed by atoms with Crippen LogP contribution in [0.4, 0.5) is 0 Å². The van der Waals surface area contributed by atoms with E-state index in [-0.39, 0.29) is 11.9 Å². The zero-order chi connectivity index (χ0) is 16.9. The molecule has 7 heteroatoms. The number of pyridine rings is 1. The third kappa shape index (κ3) is 4.07. The van der Waals surface area contributed by atoms with Crippen LogP contribution in [0.2, 0.25) is 5.02 Å². The fourth-order valence-electron chi connectivity index (χ4n) is 2.33. The van der Waals surface area contributed by atoms with Crippen molar-refractivity contribution in [1.29, 1.82) is 0 Å². The Kier molecular flexibility index (Phi) is 5.37. The summed E-state index contributed by atoms with van der Waals surface area (Å²) < 4.78 is 1.88. The van der Waals surface area contributed by atoms with E-state index in [0.717, 1.165) is 16.4 Å². The molecule has 0 radical (unpaired) electrons. The summed E-state index contributed by atoms with van der Waals surface area (Å²) >= 11 is 7.49. The number of hydrogen-bond acceptors (Lipinski definition) is 4. The molecule has 2 aromatic heterocycles. The molecule has 1 unspecified atom stereocenters. The lowest BCUT2D eigenvalue weighted by Gasteiger charge is -2.12. The van der Waals surface area contributed by atoms with Gasteiger partial charge < -0.3 is 5.32 Å². The molecule has 5 nitrogen and oxygen atoms in total. The SMILES string of the molecule is CC(NC(=O)CCSc1ccc(Cl)cc1)c1nnc2ccccn12. The molecule has 24 heavy (non-hydrogen) atoms.